The van der Waals surface area contributed by atoms with E-state index in [-0.39, 0.29) is 24.2 Å². The van der Waals surface area contributed by atoms with E-state index in [9.17, 15) is 17.2 Å². The van der Waals surface area contributed by atoms with E-state index in [1.54, 1.807) is 0 Å². The van der Waals surface area contributed by atoms with Gasteiger partial charge in [-0.1, -0.05) is 13.3 Å². The van der Waals surface area contributed by atoms with Gasteiger partial charge in [-0.25, -0.2) is 17.2 Å². The number of aliphatic hydroxyl groups is 1. The molecule has 0 saturated heterocycles. The molecule has 0 fully saturated rings. The molecule has 8 heteroatoms. The molecule has 0 saturated carbocycles. The van der Waals surface area contributed by atoms with Crippen LogP contribution >= 0.6 is 15.9 Å². The van der Waals surface area contributed by atoms with Gasteiger partial charge in [0, 0.05) is 23.6 Å². The SMILES string of the molecule is CCCCN(CCO)S(=O)(=O)c1c(F)cc(F)cc1Br. The van der Waals surface area contributed by atoms with Gasteiger partial charge in [-0.15, -0.1) is 0 Å². The number of hydrogen-bond acceptors (Lipinski definition) is 3. The molecule has 0 aromatic heterocycles. The first-order valence-corrected chi connectivity index (χ1v) is 8.33. The minimum Gasteiger partial charge on any atom is -0.395 e. The predicted octanol–water partition coefficient (Wildman–Crippen LogP) is 2.51. The van der Waals surface area contributed by atoms with Gasteiger partial charge >= 0.3 is 0 Å². The van der Waals surface area contributed by atoms with Gasteiger partial charge in [0.05, 0.1) is 6.61 Å². The lowest BCUT2D eigenvalue weighted by Crippen LogP contribution is -2.35. The highest BCUT2D eigenvalue weighted by Crippen LogP contribution is 2.29. The van der Waals surface area contributed by atoms with Gasteiger partial charge in [0.25, 0.3) is 0 Å². The zero-order chi connectivity index (χ0) is 15.3. The third kappa shape index (κ3) is 3.97. The molecular formula is C12H16BrF2NO3S. The first kappa shape index (κ1) is 17.5. The Hall–Kier alpha value is -0.570. The average Bonchev–Trinajstić information content (AvgIpc) is 2.32. The molecule has 1 rings (SSSR count). The van der Waals surface area contributed by atoms with Crippen molar-refractivity contribution in [1.29, 1.82) is 0 Å². The highest BCUT2D eigenvalue weighted by atomic mass is 79.9. The van der Waals surface area contributed by atoms with Gasteiger partial charge in [-0.05, 0) is 28.4 Å². The van der Waals surface area contributed by atoms with Crippen molar-refractivity contribution >= 4 is 26.0 Å². The fraction of sp³-hybridized carbons (Fsp3) is 0.500. The second-order valence-corrected chi connectivity index (χ2v) is 6.91. The van der Waals surface area contributed by atoms with Crippen LogP contribution in [0.4, 0.5) is 8.78 Å². The van der Waals surface area contributed by atoms with Gasteiger partial charge in [-0.3, -0.25) is 0 Å². The van der Waals surface area contributed by atoms with Crippen molar-refractivity contribution in [3.05, 3.63) is 28.2 Å². The van der Waals surface area contributed by atoms with E-state index in [2.05, 4.69) is 15.9 Å². The Labute approximate surface area is 125 Å². The molecule has 0 aliphatic heterocycles. The van der Waals surface area contributed by atoms with Crippen LogP contribution in [0.1, 0.15) is 19.8 Å². The smallest absolute Gasteiger partial charge is 0.247 e. The summed E-state index contributed by atoms with van der Waals surface area (Å²) in [6, 6.07) is 1.42. The molecule has 114 valence electrons. The number of benzene rings is 1. The maximum atomic E-state index is 13.8. The van der Waals surface area contributed by atoms with Crippen LogP contribution in [0.5, 0.6) is 0 Å². The molecule has 0 bridgehead atoms. The van der Waals surface area contributed by atoms with Crippen LogP contribution < -0.4 is 0 Å². The Morgan fingerprint density at radius 2 is 1.95 bits per heavy atom. The fourth-order valence-corrected chi connectivity index (χ4v) is 4.28. The molecule has 0 aliphatic rings. The van der Waals surface area contributed by atoms with Crippen LogP contribution in [0.3, 0.4) is 0 Å². The van der Waals surface area contributed by atoms with Crippen LogP contribution in [0.25, 0.3) is 0 Å². The van der Waals surface area contributed by atoms with Crippen molar-refractivity contribution in [3.8, 4) is 0 Å². The lowest BCUT2D eigenvalue weighted by molar-refractivity contribution is 0.252. The maximum absolute atomic E-state index is 13.8. The van der Waals surface area contributed by atoms with Crippen LogP contribution in [0.15, 0.2) is 21.5 Å². The summed E-state index contributed by atoms with van der Waals surface area (Å²) in [4.78, 5) is -0.608. The summed E-state index contributed by atoms with van der Waals surface area (Å²) >= 11 is 2.87. The molecule has 0 unspecified atom stereocenters. The molecule has 0 atom stereocenters. The fourth-order valence-electron chi connectivity index (χ4n) is 1.70. The molecule has 1 N–H and O–H groups in total. The van der Waals surface area contributed by atoms with Crippen LogP contribution in [0.2, 0.25) is 0 Å². The zero-order valence-corrected chi connectivity index (χ0v) is 13.3. The molecule has 0 amide bonds. The second kappa shape index (κ2) is 7.44. The standard InChI is InChI=1S/C12H16BrF2NO3S/c1-2-3-4-16(5-6-17)20(18,19)12-10(13)7-9(14)8-11(12)15/h7-8,17H,2-6H2,1H3. The zero-order valence-electron chi connectivity index (χ0n) is 10.9. The molecular weight excluding hydrogens is 356 g/mol. The minimum absolute atomic E-state index is 0.133. The highest BCUT2D eigenvalue weighted by Gasteiger charge is 2.29. The summed E-state index contributed by atoms with van der Waals surface area (Å²) in [5.74, 6) is -2.02. The molecule has 0 radical (unpaired) electrons. The Morgan fingerprint density at radius 1 is 1.30 bits per heavy atom. The Kier molecular flexibility index (Phi) is 6.50. The normalized spacial score (nSPS) is 12.1. The van der Waals surface area contributed by atoms with E-state index in [0.717, 1.165) is 16.8 Å². The largest absolute Gasteiger partial charge is 0.395 e. The van der Waals surface area contributed by atoms with E-state index >= 15 is 0 Å². The lowest BCUT2D eigenvalue weighted by Gasteiger charge is -2.22. The van der Waals surface area contributed by atoms with Gasteiger partial charge in [0.2, 0.25) is 10.0 Å². The first-order chi connectivity index (χ1) is 9.34. The van der Waals surface area contributed by atoms with Crippen LogP contribution in [-0.4, -0.2) is 37.5 Å². The molecule has 4 nitrogen and oxygen atoms in total. The summed E-state index contributed by atoms with van der Waals surface area (Å²) < 4.78 is 52.5. The Bertz CT molecular complexity index is 543. The van der Waals surface area contributed by atoms with E-state index in [1.807, 2.05) is 6.92 Å². The van der Waals surface area contributed by atoms with Crippen molar-refractivity contribution in [1.82, 2.24) is 4.31 Å². The van der Waals surface area contributed by atoms with Crippen molar-refractivity contribution in [3.63, 3.8) is 0 Å². The third-order valence-corrected chi connectivity index (χ3v) is 5.54. The molecule has 0 heterocycles. The first-order valence-electron chi connectivity index (χ1n) is 6.10. The van der Waals surface area contributed by atoms with E-state index in [0.29, 0.717) is 12.5 Å². The highest BCUT2D eigenvalue weighted by molar-refractivity contribution is 9.10. The van der Waals surface area contributed by atoms with Gasteiger partial charge in [0.1, 0.15) is 16.5 Å². The van der Waals surface area contributed by atoms with E-state index in [4.69, 9.17) is 5.11 Å². The van der Waals surface area contributed by atoms with Gasteiger partial charge in [0.15, 0.2) is 0 Å². The van der Waals surface area contributed by atoms with E-state index in [1.165, 1.54) is 0 Å². The summed E-state index contributed by atoms with van der Waals surface area (Å²) in [6.45, 7) is 1.55. The molecule has 20 heavy (non-hydrogen) atoms. The Morgan fingerprint density at radius 3 is 2.45 bits per heavy atom. The summed E-state index contributed by atoms with van der Waals surface area (Å²) in [5, 5.41) is 8.96. The summed E-state index contributed by atoms with van der Waals surface area (Å²) in [6.07, 6.45) is 1.34. The number of unbranched alkanes of at least 4 members (excludes halogenated alkanes) is 1. The predicted molar refractivity (Wildman–Crippen MR) is 74.8 cm³/mol. The van der Waals surface area contributed by atoms with Crippen molar-refractivity contribution in [2.45, 2.75) is 24.7 Å². The second-order valence-electron chi connectivity index (χ2n) is 4.18. The number of aliphatic hydroxyl groups excluding tert-OH is 1. The number of nitrogens with zero attached hydrogens (tertiary/aromatic N) is 1. The minimum atomic E-state index is -4.13. The quantitative estimate of drug-likeness (QED) is 0.800. The summed E-state index contributed by atoms with van der Waals surface area (Å²) in [5.41, 5.74) is 0. The number of sulfonamides is 1. The van der Waals surface area contributed by atoms with Crippen molar-refractivity contribution < 1.29 is 22.3 Å². The monoisotopic (exact) mass is 371 g/mol. The van der Waals surface area contributed by atoms with Crippen LogP contribution in [0, 0.1) is 11.6 Å². The lowest BCUT2D eigenvalue weighted by atomic mass is 10.3. The molecule has 0 spiro atoms. The van der Waals surface area contributed by atoms with Crippen molar-refractivity contribution in [2.75, 3.05) is 19.7 Å². The molecule has 0 aliphatic carbocycles. The Balaban J connectivity index is 3.26. The van der Waals surface area contributed by atoms with Crippen molar-refractivity contribution in [2.24, 2.45) is 0 Å². The molecule has 1 aromatic rings. The van der Waals surface area contributed by atoms with Gasteiger partial charge in [-0.2, -0.15) is 4.31 Å². The maximum Gasteiger partial charge on any atom is 0.247 e. The number of rotatable bonds is 7. The summed E-state index contributed by atoms with van der Waals surface area (Å²) in [7, 11) is -4.13. The average molecular weight is 372 g/mol. The number of hydrogen-bond donors (Lipinski definition) is 1. The molecule has 1 aromatic carbocycles. The third-order valence-electron chi connectivity index (χ3n) is 2.67. The van der Waals surface area contributed by atoms with Crippen LogP contribution in [-0.2, 0) is 10.0 Å². The van der Waals surface area contributed by atoms with Gasteiger partial charge < -0.3 is 5.11 Å². The topological polar surface area (TPSA) is 57.6 Å². The van der Waals surface area contributed by atoms with E-state index < -0.39 is 26.6 Å². The number of halogens is 3.